The fraction of sp³-hybridized carbons (Fsp3) is 0. The Kier molecular flexibility index (Phi) is 11.2. The molecular formula is C45H14B15N3O. The van der Waals surface area contributed by atoms with E-state index in [0.29, 0.717) is 22.8 Å². The van der Waals surface area contributed by atoms with Crippen molar-refractivity contribution in [1.82, 2.24) is 15.0 Å². The first-order valence-electron chi connectivity index (χ1n) is 19.5. The SMILES string of the molecule is [B]c1c([B])c([B])c(-c2c([B])c([B])c3oc4c([B])c(-c5c([B])c([B])c(-c6nc(-c7ccccc7)nc(-c7ccc(-c8ccccc8)cc7)n6)c([B])c5[B])c([B])c([B])c4c3c2[B])c([B])c1[B]. The third kappa shape index (κ3) is 6.71. The summed E-state index contributed by atoms with van der Waals surface area (Å²) in [5, 5.41) is 0.377. The Hall–Kier alpha value is -5.68. The van der Waals surface area contributed by atoms with E-state index in [4.69, 9.17) is 137 Å². The number of rotatable bonds is 6. The predicted molar refractivity (Wildman–Crippen MR) is 281 cm³/mol. The van der Waals surface area contributed by atoms with E-state index < -0.39 is 0 Å². The molecule has 0 aliphatic rings. The summed E-state index contributed by atoms with van der Waals surface area (Å²) in [7, 11) is 99.6. The Bertz CT molecular complexity index is 3380. The zero-order chi connectivity index (χ0) is 45.6. The van der Waals surface area contributed by atoms with Crippen LogP contribution in [-0.4, -0.2) is 133 Å². The van der Waals surface area contributed by atoms with Gasteiger partial charge in [0.25, 0.3) is 0 Å². The number of hydrogen-bond donors (Lipinski definition) is 0. The lowest BCUT2D eigenvalue weighted by molar-refractivity contribution is 0.675. The second kappa shape index (κ2) is 16.4. The lowest BCUT2D eigenvalue weighted by Crippen LogP contribution is -2.56. The molecule has 2 aromatic heterocycles. The van der Waals surface area contributed by atoms with Gasteiger partial charge in [0.2, 0.25) is 0 Å². The Morgan fingerprint density at radius 3 is 1.09 bits per heavy atom. The summed E-state index contributed by atoms with van der Waals surface area (Å²) in [6.45, 7) is 0. The van der Waals surface area contributed by atoms with Crippen molar-refractivity contribution < 1.29 is 4.42 Å². The topological polar surface area (TPSA) is 51.8 Å². The third-order valence-electron chi connectivity index (χ3n) is 11.6. The lowest BCUT2D eigenvalue weighted by Gasteiger charge is -2.26. The van der Waals surface area contributed by atoms with Gasteiger partial charge in [-0.05, 0) is 38.8 Å². The van der Waals surface area contributed by atoms with Gasteiger partial charge in [-0.15, -0.1) is 16.4 Å². The maximum atomic E-state index is 6.93. The summed E-state index contributed by atoms with van der Waals surface area (Å²) in [5.41, 5.74) is 3.45. The molecule has 9 aromatic rings. The Morgan fingerprint density at radius 1 is 0.250 bits per heavy atom. The number of furan rings is 1. The summed E-state index contributed by atoms with van der Waals surface area (Å²) in [6.07, 6.45) is 0. The molecule has 4 nitrogen and oxygen atoms in total. The molecule has 0 atom stereocenters. The van der Waals surface area contributed by atoms with E-state index >= 15 is 0 Å². The standard InChI is InChI=1S/C45H14B15N3O/c46-26-19(20-30(50)37(57)39(59)38(58)31(20)51)32(52)40(60)42-23(26)24-33(53)29(49)22(36(56)41(24)64-42)21-27(47)34(54)25(35(55)28(21)48)45-62-43(17-9-5-2-6-10-17)61-44(63-45)18-13-11-16(12-14-18)15-7-3-1-4-8-15/h1-14H. The van der Waals surface area contributed by atoms with Gasteiger partial charge in [0.15, 0.2) is 17.5 Å². The molecule has 0 saturated carbocycles. The van der Waals surface area contributed by atoms with E-state index in [9.17, 15) is 0 Å². The van der Waals surface area contributed by atoms with Crippen molar-refractivity contribution in [3.63, 3.8) is 0 Å². The molecule has 64 heavy (non-hydrogen) atoms. The molecule has 0 aliphatic carbocycles. The zero-order valence-corrected chi connectivity index (χ0v) is 34.0. The highest BCUT2D eigenvalue weighted by Crippen LogP contribution is 2.29. The van der Waals surface area contributed by atoms with Crippen molar-refractivity contribution in [1.29, 1.82) is 0 Å². The molecule has 0 unspecified atom stereocenters. The summed E-state index contributed by atoms with van der Waals surface area (Å²) in [6, 6.07) is 27.1. The van der Waals surface area contributed by atoms with Crippen molar-refractivity contribution in [3.05, 3.63) is 84.9 Å². The fourth-order valence-electron chi connectivity index (χ4n) is 8.15. The van der Waals surface area contributed by atoms with Crippen LogP contribution in [0.25, 0.3) is 89.5 Å². The highest BCUT2D eigenvalue weighted by atomic mass is 16.3. The van der Waals surface area contributed by atoms with Crippen molar-refractivity contribution in [2.75, 3.05) is 0 Å². The Balaban J connectivity index is 1.24. The second-order valence-electron chi connectivity index (χ2n) is 15.2. The number of aromatic nitrogens is 3. The van der Waals surface area contributed by atoms with Crippen LogP contribution in [0.4, 0.5) is 0 Å². The van der Waals surface area contributed by atoms with Gasteiger partial charge in [0.05, 0.1) is 0 Å². The van der Waals surface area contributed by atoms with Crippen LogP contribution in [0.15, 0.2) is 89.3 Å². The largest absolute Gasteiger partial charge is 0.457 e. The predicted octanol–water partition coefficient (Wildman–Crippen LogP) is -6.32. The zero-order valence-electron chi connectivity index (χ0n) is 34.0. The molecule has 30 radical (unpaired) electrons. The van der Waals surface area contributed by atoms with Crippen LogP contribution in [0.5, 0.6) is 0 Å². The second-order valence-corrected chi connectivity index (χ2v) is 15.2. The minimum Gasteiger partial charge on any atom is -0.457 e. The minimum absolute atomic E-state index is 0.00345. The number of nitrogens with zero attached hydrogens (tertiary/aromatic N) is 3. The average molecular weight is 775 g/mol. The molecule has 19 heteroatoms. The van der Waals surface area contributed by atoms with Crippen molar-refractivity contribution in [3.8, 4) is 67.5 Å². The third-order valence-corrected chi connectivity index (χ3v) is 11.6. The monoisotopic (exact) mass is 777 g/mol. The van der Waals surface area contributed by atoms with E-state index in [1.165, 1.54) is 0 Å². The van der Waals surface area contributed by atoms with Gasteiger partial charge in [0, 0.05) is 27.5 Å². The Labute approximate surface area is 391 Å². The molecule has 0 aliphatic heterocycles. The Morgan fingerprint density at radius 2 is 0.562 bits per heavy atom. The quantitative estimate of drug-likeness (QED) is 0.158. The molecule has 7 aromatic carbocycles. The summed E-state index contributed by atoms with van der Waals surface area (Å²) in [5.74, 6) is 0.797. The molecule has 260 valence electrons. The van der Waals surface area contributed by atoms with Gasteiger partial charge >= 0.3 is 0 Å². The van der Waals surface area contributed by atoms with Gasteiger partial charge < -0.3 is 4.42 Å². The maximum Gasteiger partial charge on any atom is 0.164 e. The number of benzene rings is 7. The molecule has 0 bridgehead atoms. The molecular weight excluding hydrogens is 761 g/mol. The van der Waals surface area contributed by atoms with Crippen LogP contribution in [0.3, 0.4) is 0 Å². The molecule has 0 spiro atoms. The van der Waals surface area contributed by atoms with Crippen molar-refractivity contribution >= 4 is 222 Å². The number of hydrogen-bond acceptors (Lipinski definition) is 4. The highest BCUT2D eigenvalue weighted by Gasteiger charge is 2.27. The highest BCUT2D eigenvalue weighted by molar-refractivity contribution is 6.72. The average Bonchev–Trinajstić information content (AvgIpc) is 3.73. The number of fused-ring (bicyclic) bond motifs is 3. The molecule has 0 fully saturated rings. The van der Waals surface area contributed by atoms with E-state index in [2.05, 4.69) is 0 Å². The molecule has 2 heterocycles. The minimum atomic E-state index is -0.0678. The summed E-state index contributed by atoms with van der Waals surface area (Å²) in [4.78, 5) is 14.5. The fourth-order valence-corrected chi connectivity index (χ4v) is 8.15. The first-order chi connectivity index (χ1) is 30.5. The van der Waals surface area contributed by atoms with Crippen LogP contribution in [0.1, 0.15) is 0 Å². The lowest BCUT2D eigenvalue weighted by atomic mass is 9.57. The first-order valence-corrected chi connectivity index (χ1v) is 19.5. The summed E-state index contributed by atoms with van der Waals surface area (Å²) >= 11 is 0. The molecule has 0 amide bonds. The molecule has 0 N–H and O–H groups in total. The van der Waals surface area contributed by atoms with Crippen LogP contribution >= 0.6 is 0 Å². The van der Waals surface area contributed by atoms with Crippen LogP contribution in [0, 0.1) is 0 Å². The van der Waals surface area contributed by atoms with Gasteiger partial charge in [-0.2, -0.15) is 0 Å². The first kappa shape index (κ1) is 43.6. The van der Waals surface area contributed by atoms with Crippen molar-refractivity contribution in [2.24, 2.45) is 0 Å². The van der Waals surface area contributed by atoms with Gasteiger partial charge in [0.1, 0.15) is 129 Å². The maximum absolute atomic E-state index is 6.93. The van der Waals surface area contributed by atoms with Gasteiger partial charge in [-0.25, -0.2) is 15.0 Å². The molecule has 9 rings (SSSR count). The van der Waals surface area contributed by atoms with E-state index in [0.717, 1.165) is 11.1 Å². The normalized spacial score (nSPS) is 11.4. The van der Waals surface area contributed by atoms with E-state index in [1.807, 2.05) is 84.9 Å². The van der Waals surface area contributed by atoms with Crippen LogP contribution < -0.4 is 81.9 Å². The van der Waals surface area contributed by atoms with Crippen molar-refractivity contribution in [2.45, 2.75) is 0 Å². The smallest absolute Gasteiger partial charge is 0.164 e. The van der Waals surface area contributed by atoms with Gasteiger partial charge in [-0.1, -0.05) is 145 Å². The summed E-state index contributed by atoms with van der Waals surface area (Å²) < 4.78 is 6.32. The van der Waals surface area contributed by atoms with Gasteiger partial charge in [-0.3, -0.25) is 0 Å². The molecule has 0 saturated heterocycles. The van der Waals surface area contributed by atoms with Crippen LogP contribution in [0.2, 0.25) is 0 Å². The van der Waals surface area contributed by atoms with E-state index in [1.54, 1.807) is 0 Å². The van der Waals surface area contributed by atoms with Crippen LogP contribution in [-0.2, 0) is 0 Å². The van der Waals surface area contributed by atoms with E-state index in [-0.39, 0.29) is 138 Å².